The molecule has 5 heteroatoms. The highest BCUT2D eigenvalue weighted by atomic mass is 16.2. The second-order valence-corrected chi connectivity index (χ2v) is 8.09. The molecule has 0 aromatic carbocycles. The molecule has 0 radical (unpaired) electrons. The minimum atomic E-state index is -0.117. The van der Waals surface area contributed by atoms with Crippen molar-refractivity contribution in [1.82, 2.24) is 15.1 Å². The summed E-state index contributed by atoms with van der Waals surface area (Å²) >= 11 is 0. The molecule has 136 valence electrons. The molecule has 0 spiro atoms. The second kappa shape index (κ2) is 8.32. The van der Waals surface area contributed by atoms with Crippen LogP contribution < -0.4 is 5.32 Å². The Kier molecular flexibility index (Phi) is 6.14. The van der Waals surface area contributed by atoms with Gasteiger partial charge >= 0.3 is 0 Å². The van der Waals surface area contributed by atoms with E-state index in [9.17, 15) is 9.59 Å². The summed E-state index contributed by atoms with van der Waals surface area (Å²) in [7, 11) is 1.82. The number of nitrogens with one attached hydrogen (secondary N) is 1. The van der Waals surface area contributed by atoms with Gasteiger partial charge in [-0.3, -0.25) is 9.59 Å². The Labute approximate surface area is 146 Å². The molecule has 24 heavy (non-hydrogen) atoms. The van der Waals surface area contributed by atoms with Crippen LogP contribution in [-0.4, -0.2) is 60.9 Å². The molecular weight excluding hydrogens is 302 g/mol. The fraction of sp³-hybridized carbons (Fsp3) is 0.895. The molecule has 2 aliphatic heterocycles. The van der Waals surface area contributed by atoms with Crippen LogP contribution in [0.15, 0.2) is 0 Å². The van der Waals surface area contributed by atoms with E-state index in [-0.39, 0.29) is 17.7 Å². The van der Waals surface area contributed by atoms with E-state index in [1.807, 2.05) is 7.05 Å². The maximum atomic E-state index is 12.4. The maximum absolute atomic E-state index is 12.4. The van der Waals surface area contributed by atoms with Crippen LogP contribution in [0.2, 0.25) is 0 Å². The maximum Gasteiger partial charge on any atom is 0.223 e. The minimum Gasteiger partial charge on any atom is -0.353 e. The SMILES string of the molecule is CN1CC[C@@H](C(=O)NC2CCN(CC3CCCCC3)CC2)CC1=O. The predicted octanol–water partition coefficient (Wildman–Crippen LogP) is 2.02. The van der Waals surface area contributed by atoms with Crippen LogP contribution in [0.5, 0.6) is 0 Å². The first kappa shape index (κ1) is 17.7. The number of rotatable bonds is 4. The standard InChI is InChI=1S/C19H33N3O2/c1-21-10-7-16(13-18(21)23)19(24)20-17-8-11-22(12-9-17)14-15-5-3-2-4-6-15/h15-17H,2-14H2,1H3,(H,20,24)/t16-/m1/s1. The van der Waals surface area contributed by atoms with Crippen LogP contribution in [0.4, 0.5) is 0 Å². The lowest BCUT2D eigenvalue weighted by molar-refractivity contribution is -0.139. The van der Waals surface area contributed by atoms with Gasteiger partial charge in [-0.1, -0.05) is 19.3 Å². The Hall–Kier alpha value is -1.10. The van der Waals surface area contributed by atoms with Crippen molar-refractivity contribution in [2.24, 2.45) is 11.8 Å². The molecule has 2 amide bonds. The van der Waals surface area contributed by atoms with E-state index in [4.69, 9.17) is 0 Å². The van der Waals surface area contributed by atoms with Crippen LogP contribution in [0.25, 0.3) is 0 Å². The molecule has 3 rings (SSSR count). The lowest BCUT2D eigenvalue weighted by Gasteiger charge is -2.36. The number of hydrogen-bond donors (Lipinski definition) is 1. The van der Waals surface area contributed by atoms with Crippen molar-refractivity contribution in [2.45, 2.75) is 63.8 Å². The van der Waals surface area contributed by atoms with Gasteiger partial charge in [-0.05, 0) is 38.0 Å². The molecule has 0 bridgehead atoms. The molecule has 1 N–H and O–H groups in total. The van der Waals surface area contributed by atoms with E-state index >= 15 is 0 Å². The highest BCUT2D eigenvalue weighted by Gasteiger charge is 2.30. The Bertz CT molecular complexity index is 440. The fourth-order valence-corrected chi connectivity index (χ4v) is 4.48. The van der Waals surface area contributed by atoms with Crippen LogP contribution in [0, 0.1) is 11.8 Å². The molecule has 5 nitrogen and oxygen atoms in total. The summed E-state index contributed by atoms with van der Waals surface area (Å²) in [5.41, 5.74) is 0. The Morgan fingerprint density at radius 1 is 1.04 bits per heavy atom. The van der Waals surface area contributed by atoms with Crippen molar-refractivity contribution in [1.29, 1.82) is 0 Å². The lowest BCUT2D eigenvalue weighted by atomic mass is 9.88. The fourth-order valence-electron chi connectivity index (χ4n) is 4.48. The van der Waals surface area contributed by atoms with Crippen LogP contribution in [0.1, 0.15) is 57.8 Å². The number of piperidine rings is 2. The highest BCUT2D eigenvalue weighted by Crippen LogP contribution is 2.25. The van der Waals surface area contributed by atoms with Gasteiger partial charge in [0.1, 0.15) is 0 Å². The van der Waals surface area contributed by atoms with Crippen molar-refractivity contribution < 1.29 is 9.59 Å². The molecule has 0 unspecified atom stereocenters. The van der Waals surface area contributed by atoms with Gasteiger partial charge in [0.2, 0.25) is 11.8 Å². The third kappa shape index (κ3) is 4.71. The van der Waals surface area contributed by atoms with Gasteiger partial charge in [-0.25, -0.2) is 0 Å². The van der Waals surface area contributed by atoms with Crippen LogP contribution in [0.3, 0.4) is 0 Å². The summed E-state index contributed by atoms with van der Waals surface area (Å²) in [4.78, 5) is 28.5. The van der Waals surface area contributed by atoms with Crippen molar-refractivity contribution in [3.8, 4) is 0 Å². The summed E-state index contributed by atoms with van der Waals surface area (Å²) in [5, 5.41) is 3.21. The van der Waals surface area contributed by atoms with E-state index in [1.165, 1.54) is 38.6 Å². The van der Waals surface area contributed by atoms with Gasteiger partial charge in [0.05, 0.1) is 0 Å². The van der Waals surface area contributed by atoms with Crippen LogP contribution >= 0.6 is 0 Å². The topological polar surface area (TPSA) is 52.7 Å². The molecule has 2 saturated heterocycles. The van der Waals surface area contributed by atoms with Gasteiger partial charge in [0.25, 0.3) is 0 Å². The van der Waals surface area contributed by atoms with Crippen molar-refractivity contribution in [3.63, 3.8) is 0 Å². The summed E-state index contributed by atoms with van der Waals surface area (Å²) in [5.74, 6) is 0.981. The zero-order valence-electron chi connectivity index (χ0n) is 15.1. The van der Waals surface area contributed by atoms with E-state index in [2.05, 4.69) is 10.2 Å². The number of carbonyl (C=O) groups is 2. The largest absolute Gasteiger partial charge is 0.353 e. The Morgan fingerprint density at radius 3 is 2.42 bits per heavy atom. The van der Waals surface area contributed by atoms with E-state index < -0.39 is 0 Å². The number of likely N-dealkylation sites (tertiary alicyclic amines) is 2. The molecule has 3 aliphatic rings. The molecule has 3 fully saturated rings. The van der Waals surface area contributed by atoms with E-state index in [0.29, 0.717) is 19.0 Å². The zero-order valence-corrected chi connectivity index (χ0v) is 15.1. The highest BCUT2D eigenvalue weighted by molar-refractivity contribution is 5.86. The zero-order chi connectivity index (χ0) is 16.9. The molecule has 1 saturated carbocycles. The quantitative estimate of drug-likeness (QED) is 0.855. The first-order valence-electron chi connectivity index (χ1n) is 9.88. The van der Waals surface area contributed by atoms with Gasteiger partial charge < -0.3 is 15.1 Å². The smallest absolute Gasteiger partial charge is 0.223 e. The average molecular weight is 335 g/mol. The van der Waals surface area contributed by atoms with Crippen molar-refractivity contribution in [2.75, 3.05) is 33.2 Å². The predicted molar refractivity (Wildman–Crippen MR) is 94.5 cm³/mol. The normalized spacial score (nSPS) is 28.1. The van der Waals surface area contributed by atoms with E-state index in [1.54, 1.807) is 4.90 Å². The first-order valence-corrected chi connectivity index (χ1v) is 9.88. The van der Waals surface area contributed by atoms with E-state index in [0.717, 1.165) is 38.3 Å². The van der Waals surface area contributed by atoms with Gasteiger partial charge in [0.15, 0.2) is 0 Å². The monoisotopic (exact) mass is 335 g/mol. The minimum absolute atomic E-state index is 0.0992. The second-order valence-electron chi connectivity index (χ2n) is 8.09. The third-order valence-corrected chi connectivity index (χ3v) is 6.21. The van der Waals surface area contributed by atoms with Crippen LogP contribution in [-0.2, 0) is 9.59 Å². The van der Waals surface area contributed by atoms with Crippen molar-refractivity contribution in [3.05, 3.63) is 0 Å². The molecule has 0 aromatic heterocycles. The molecular formula is C19H33N3O2. The molecule has 2 heterocycles. The van der Waals surface area contributed by atoms with Gasteiger partial charge in [0, 0.05) is 51.6 Å². The summed E-state index contributed by atoms with van der Waals surface area (Å²) in [6.07, 6.45) is 10.3. The Morgan fingerprint density at radius 2 is 1.75 bits per heavy atom. The van der Waals surface area contributed by atoms with Gasteiger partial charge in [-0.15, -0.1) is 0 Å². The summed E-state index contributed by atoms with van der Waals surface area (Å²) in [6, 6.07) is 0.301. The molecule has 1 atom stereocenters. The molecule has 1 aliphatic carbocycles. The summed E-state index contributed by atoms with van der Waals surface area (Å²) < 4.78 is 0. The number of carbonyl (C=O) groups excluding carboxylic acids is 2. The summed E-state index contributed by atoms with van der Waals surface area (Å²) in [6.45, 7) is 4.17. The average Bonchev–Trinajstić information content (AvgIpc) is 2.60. The number of nitrogens with zero attached hydrogens (tertiary/aromatic N) is 2. The molecule has 0 aromatic rings. The number of hydrogen-bond acceptors (Lipinski definition) is 3. The lowest BCUT2D eigenvalue weighted by Crippen LogP contribution is -2.49. The Balaban J connectivity index is 1.37. The van der Waals surface area contributed by atoms with Gasteiger partial charge in [-0.2, -0.15) is 0 Å². The third-order valence-electron chi connectivity index (χ3n) is 6.21. The van der Waals surface area contributed by atoms with Crippen molar-refractivity contribution >= 4 is 11.8 Å². The first-order chi connectivity index (χ1) is 11.6. The number of amides is 2.